The Labute approximate surface area is 143 Å². The van der Waals surface area contributed by atoms with Crippen molar-refractivity contribution < 1.29 is 4.79 Å². The fourth-order valence-corrected chi connectivity index (χ4v) is 4.09. The Morgan fingerprint density at radius 3 is 2.38 bits per heavy atom. The summed E-state index contributed by atoms with van der Waals surface area (Å²) < 4.78 is 0. The molecule has 2 aliphatic rings. The van der Waals surface area contributed by atoms with Crippen LogP contribution in [-0.4, -0.2) is 46.9 Å². The first kappa shape index (κ1) is 15.3. The summed E-state index contributed by atoms with van der Waals surface area (Å²) >= 11 is 0. The molecule has 4 nitrogen and oxygen atoms in total. The molecule has 1 aromatic heterocycles. The number of pyridine rings is 1. The van der Waals surface area contributed by atoms with Crippen molar-refractivity contribution in [1.82, 2.24) is 14.8 Å². The monoisotopic (exact) mass is 321 g/mol. The molecule has 0 N–H and O–H groups in total. The lowest BCUT2D eigenvalue weighted by molar-refractivity contribution is 0.0773. The number of rotatable bonds is 3. The molecule has 24 heavy (non-hydrogen) atoms. The largest absolute Gasteiger partial charge is 0.338 e. The van der Waals surface area contributed by atoms with E-state index in [2.05, 4.69) is 41.1 Å². The van der Waals surface area contributed by atoms with E-state index >= 15 is 0 Å². The number of nitrogens with zero attached hydrogens (tertiary/aromatic N) is 3. The minimum Gasteiger partial charge on any atom is -0.338 e. The van der Waals surface area contributed by atoms with Gasteiger partial charge >= 0.3 is 0 Å². The number of benzene rings is 1. The number of likely N-dealkylation sites (tertiary alicyclic amines) is 2. The molecule has 0 radical (unpaired) electrons. The summed E-state index contributed by atoms with van der Waals surface area (Å²) in [7, 11) is 0. The molecule has 0 saturated carbocycles. The molecule has 0 spiro atoms. The molecule has 2 atom stereocenters. The van der Waals surface area contributed by atoms with Gasteiger partial charge in [0, 0.05) is 50.7 Å². The van der Waals surface area contributed by atoms with Crippen LogP contribution in [0.3, 0.4) is 0 Å². The van der Waals surface area contributed by atoms with Gasteiger partial charge in [0.1, 0.15) is 0 Å². The Bertz CT molecular complexity index is 717. The third-order valence-electron chi connectivity index (χ3n) is 5.43. The van der Waals surface area contributed by atoms with Crippen LogP contribution in [0.25, 0.3) is 0 Å². The molecular formula is C20H23N3O. The van der Waals surface area contributed by atoms with Crippen molar-refractivity contribution in [3.63, 3.8) is 0 Å². The first-order valence-electron chi connectivity index (χ1n) is 8.67. The predicted molar refractivity (Wildman–Crippen MR) is 93.6 cm³/mol. The molecule has 2 aliphatic heterocycles. The topological polar surface area (TPSA) is 36.4 Å². The number of hydrogen-bond donors (Lipinski definition) is 0. The van der Waals surface area contributed by atoms with E-state index in [1.165, 1.54) is 11.1 Å². The molecule has 4 rings (SSSR count). The summed E-state index contributed by atoms with van der Waals surface area (Å²) in [5.41, 5.74) is 3.54. The third-order valence-corrected chi connectivity index (χ3v) is 5.43. The summed E-state index contributed by atoms with van der Waals surface area (Å²) in [5.74, 6) is 1.37. The van der Waals surface area contributed by atoms with Crippen LogP contribution in [0, 0.1) is 18.8 Å². The first-order chi connectivity index (χ1) is 11.7. The highest BCUT2D eigenvalue weighted by atomic mass is 16.2. The number of aromatic nitrogens is 1. The van der Waals surface area contributed by atoms with Gasteiger partial charge in [-0.2, -0.15) is 0 Å². The normalized spacial score (nSPS) is 23.5. The molecule has 2 fully saturated rings. The highest BCUT2D eigenvalue weighted by Crippen LogP contribution is 2.32. The van der Waals surface area contributed by atoms with E-state index in [-0.39, 0.29) is 5.91 Å². The summed E-state index contributed by atoms with van der Waals surface area (Å²) in [5, 5.41) is 0. The van der Waals surface area contributed by atoms with Gasteiger partial charge in [0.15, 0.2) is 0 Å². The second-order valence-electron chi connectivity index (χ2n) is 7.09. The van der Waals surface area contributed by atoms with Gasteiger partial charge in [0.2, 0.25) is 0 Å². The maximum atomic E-state index is 12.6. The fraction of sp³-hybridized carbons (Fsp3) is 0.400. The van der Waals surface area contributed by atoms with Crippen molar-refractivity contribution >= 4 is 5.91 Å². The molecule has 0 bridgehead atoms. The zero-order valence-electron chi connectivity index (χ0n) is 14.1. The van der Waals surface area contributed by atoms with Gasteiger partial charge in [-0.25, -0.2) is 0 Å². The van der Waals surface area contributed by atoms with E-state index in [1.807, 2.05) is 4.90 Å². The van der Waals surface area contributed by atoms with Crippen molar-refractivity contribution in [3.8, 4) is 0 Å². The molecule has 2 saturated heterocycles. The smallest absolute Gasteiger partial charge is 0.253 e. The lowest BCUT2D eigenvalue weighted by Crippen LogP contribution is -2.33. The standard InChI is InChI=1S/C20H23N3O/c1-15-4-2-3-5-17(15)10-22-11-18-13-23(14-19(18)12-22)20(24)16-6-8-21-9-7-16/h2-9,18-19H,10-14H2,1H3/t18-,19-/m0/s1. The molecule has 1 amide bonds. The lowest BCUT2D eigenvalue weighted by atomic mass is 10.0. The third kappa shape index (κ3) is 2.94. The Hall–Kier alpha value is -2.20. The van der Waals surface area contributed by atoms with Crippen LogP contribution in [0.1, 0.15) is 21.5 Å². The van der Waals surface area contributed by atoms with Crippen LogP contribution in [0.2, 0.25) is 0 Å². The van der Waals surface area contributed by atoms with E-state index in [4.69, 9.17) is 0 Å². The average molecular weight is 321 g/mol. The Morgan fingerprint density at radius 1 is 1.04 bits per heavy atom. The van der Waals surface area contributed by atoms with E-state index in [9.17, 15) is 4.79 Å². The lowest BCUT2D eigenvalue weighted by Gasteiger charge is -2.22. The highest BCUT2D eigenvalue weighted by molar-refractivity contribution is 5.94. The second kappa shape index (κ2) is 6.36. The predicted octanol–water partition coefficient (Wildman–Crippen LogP) is 2.59. The molecule has 3 heterocycles. The van der Waals surface area contributed by atoms with Crippen LogP contribution in [0.5, 0.6) is 0 Å². The van der Waals surface area contributed by atoms with Crippen LogP contribution in [-0.2, 0) is 6.54 Å². The summed E-state index contributed by atoms with van der Waals surface area (Å²) in [6, 6.07) is 12.2. The maximum absolute atomic E-state index is 12.6. The molecular weight excluding hydrogens is 298 g/mol. The maximum Gasteiger partial charge on any atom is 0.253 e. The van der Waals surface area contributed by atoms with E-state index in [0.717, 1.165) is 38.3 Å². The van der Waals surface area contributed by atoms with Crippen molar-refractivity contribution in [2.24, 2.45) is 11.8 Å². The average Bonchev–Trinajstić information content (AvgIpc) is 3.15. The Balaban J connectivity index is 1.37. The molecule has 4 heteroatoms. The van der Waals surface area contributed by atoms with Gasteiger partial charge in [-0.05, 0) is 42.0 Å². The molecule has 2 aromatic rings. The van der Waals surface area contributed by atoms with E-state index in [1.54, 1.807) is 24.5 Å². The number of hydrogen-bond acceptors (Lipinski definition) is 3. The summed E-state index contributed by atoms with van der Waals surface area (Å²) in [4.78, 5) is 21.1. The van der Waals surface area contributed by atoms with E-state index < -0.39 is 0 Å². The van der Waals surface area contributed by atoms with Gasteiger partial charge in [-0.15, -0.1) is 0 Å². The second-order valence-corrected chi connectivity index (χ2v) is 7.09. The number of fused-ring (bicyclic) bond motifs is 1. The molecule has 0 aliphatic carbocycles. The highest BCUT2D eigenvalue weighted by Gasteiger charge is 2.41. The SMILES string of the molecule is Cc1ccccc1CN1C[C@H]2CN(C(=O)c3ccncc3)C[C@@H]2C1. The van der Waals surface area contributed by atoms with Crippen LogP contribution < -0.4 is 0 Å². The van der Waals surface area contributed by atoms with Crippen LogP contribution in [0.15, 0.2) is 48.8 Å². The number of carbonyl (C=O) groups excluding carboxylic acids is 1. The Kier molecular flexibility index (Phi) is 4.07. The molecule has 0 unspecified atom stereocenters. The van der Waals surface area contributed by atoms with Crippen molar-refractivity contribution in [2.75, 3.05) is 26.2 Å². The zero-order chi connectivity index (χ0) is 16.5. The van der Waals surface area contributed by atoms with Gasteiger partial charge in [-0.3, -0.25) is 14.7 Å². The quantitative estimate of drug-likeness (QED) is 0.872. The van der Waals surface area contributed by atoms with Gasteiger partial charge in [0.25, 0.3) is 5.91 Å². The fourth-order valence-electron chi connectivity index (χ4n) is 4.09. The number of aryl methyl sites for hydroxylation is 1. The zero-order valence-corrected chi connectivity index (χ0v) is 14.1. The van der Waals surface area contributed by atoms with Crippen molar-refractivity contribution in [2.45, 2.75) is 13.5 Å². The van der Waals surface area contributed by atoms with Crippen molar-refractivity contribution in [1.29, 1.82) is 0 Å². The van der Waals surface area contributed by atoms with Gasteiger partial charge in [-0.1, -0.05) is 24.3 Å². The van der Waals surface area contributed by atoms with Gasteiger partial charge < -0.3 is 4.90 Å². The summed E-state index contributed by atoms with van der Waals surface area (Å²) in [6.45, 7) is 7.17. The Morgan fingerprint density at radius 2 is 1.71 bits per heavy atom. The summed E-state index contributed by atoms with van der Waals surface area (Å²) in [6.07, 6.45) is 3.38. The van der Waals surface area contributed by atoms with Crippen LogP contribution >= 0.6 is 0 Å². The number of carbonyl (C=O) groups is 1. The number of amides is 1. The first-order valence-corrected chi connectivity index (χ1v) is 8.67. The van der Waals surface area contributed by atoms with Crippen LogP contribution in [0.4, 0.5) is 0 Å². The molecule has 124 valence electrons. The van der Waals surface area contributed by atoms with E-state index in [0.29, 0.717) is 11.8 Å². The molecule has 1 aromatic carbocycles. The van der Waals surface area contributed by atoms with Gasteiger partial charge in [0.05, 0.1) is 0 Å². The minimum atomic E-state index is 0.150. The minimum absolute atomic E-state index is 0.150. The van der Waals surface area contributed by atoms with Crippen molar-refractivity contribution in [3.05, 3.63) is 65.5 Å².